The lowest BCUT2D eigenvalue weighted by Crippen LogP contribution is -2.47. The summed E-state index contributed by atoms with van der Waals surface area (Å²) in [6.45, 7) is 8.96. The number of ether oxygens (including phenoxy) is 2. The van der Waals surface area contributed by atoms with Crippen LogP contribution in [0.2, 0.25) is 0 Å². The van der Waals surface area contributed by atoms with Crippen molar-refractivity contribution in [3.8, 4) is 0 Å². The summed E-state index contributed by atoms with van der Waals surface area (Å²) < 4.78 is 39.1. The van der Waals surface area contributed by atoms with E-state index in [0.29, 0.717) is 37.5 Å². The van der Waals surface area contributed by atoms with E-state index in [2.05, 4.69) is 9.97 Å². The Bertz CT molecular complexity index is 1310. The van der Waals surface area contributed by atoms with Crippen LogP contribution in [-0.4, -0.2) is 78.3 Å². The van der Waals surface area contributed by atoms with Crippen molar-refractivity contribution in [3.05, 3.63) is 48.4 Å². The molecular formula is C24H31N5O5S. The highest BCUT2D eigenvalue weighted by atomic mass is 32.2. The highest BCUT2D eigenvalue weighted by Crippen LogP contribution is 2.28. The Balaban J connectivity index is 1.64. The molecule has 0 radical (unpaired) electrons. The Morgan fingerprint density at radius 2 is 1.89 bits per heavy atom. The number of amides is 1. The summed E-state index contributed by atoms with van der Waals surface area (Å²) in [5.41, 5.74) is 0.649. The molecule has 188 valence electrons. The van der Waals surface area contributed by atoms with E-state index in [1.807, 2.05) is 39.6 Å². The quantitative estimate of drug-likeness (QED) is 0.537. The van der Waals surface area contributed by atoms with Crippen LogP contribution in [-0.2, 0) is 19.5 Å². The third-order valence-electron chi connectivity index (χ3n) is 5.79. The number of rotatable bonds is 4. The summed E-state index contributed by atoms with van der Waals surface area (Å²) in [6, 6.07) is 8.15. The maximum atomic E-state index is 13.3. The number of anilines is 1. The third kappa shape index (κ3) is 5.25. The number of fused-ring (bicyclic) bond motifs is 1. The number of aryl methyl sites for hydroxylation is 1. The van der Waals surface area contributed by atoms with Crippen LogP contribution in [0.5, 0.6) is 0 Å². The van der Waals surface area contributed by atoms with E-state index in [1.54, 1.807) is 35.2 Å². The molecule has 1 aliphatic heterocycles. The van der Waals surface area contributed by atoms with Gasteiger partial charge in [-0.15, -0.1) is 0 Å². The highest BCUT2D eigenvalue weighted by molar-refractivity contribution is 7.90. The van der Waals surface area contributed by atoms with Gasteiger partial charge in [-0.1, -0.05) is 17.7 Å². The van der Waals surface area contributed by atoms with E-state index < -0.39 is 21.7 Å². The fraction of sp³-hybridized carbons (Fsp3) is 0.458. The smallest absolute Gasteiger partial charge is 0.410 e. The van der Waals surface area contributed by atoms with E-state index in [4.69, 9.17) is 9.47 Å². The van der Waals surface area contributed by atoms with Gasteiger partial charge in [0.1, 0.15) is 17.7 Å². The molecule has 2 aromatic heterocycles. The van der Waals surface area contributed by atoms with E-state index in [9.17, 15) is 13.2 Å². The number of benzene rings is 1. The Morgan fingerprint density at radius 1 is 1.17 bits per heavy atom. The average molecular weight is 502 g/mol. The largest absolute Gasteiger partial charge is 0.444 e. The zero-order valence-corrected chi connectivity index (χ0v) is 21.4. The molecule has 4 rings (SSSR count). The lowest BCUT2D eigenvalue weighted by Gasteiger charge is -2.32. The predicted molar refractivity (Wildman–Crippen MR) is 132 cm³/mol. The zero-order valence-electron chi connectivity index (χ0n) is 20.6. The van der Waals surface area contributed by atoms with Gasteiger partial charge in [-0.3, -0.25) is 0 Å². The van der Waals surface area contributed by atoms with E-state index in [0.717, 1.165) is 5.56 Å². The van der Waals surface area contributed by atoms with Crippen molar-refractivity contribution < 1.29 is 22.7 Å². The standard InChI is InChI=1S/C24H31N5O5S/c1-17-6-8-19(9-7-17)35(31,32)29-11-10-20-21(25-16-26-22(20)29)27(5)18-14-28(12-13-33-15-18)23(30)34-24(2,3)4/h6-11,16,18H,12-15H2,1-5H3/t18-/m1/s1. The molecule has 0 N–H and O–H groups in total. The summed E-state index contributed by atoms with van der Waals surface area (Å²) in [7, 11) is -1.99. The van der Waals surface area contributed by atoms with Gasteiger partial charge in [0, 0.05) is 26.3 Å². The maximum Gasteiger partial charge on any atom is 0.410 e. The van der Waals surface area contributed by atoms with E-state index in [-0.39, 0.29) is 16.6 Å². The van der Waals surface area contributed by atoms with Crippen LogP contribution >= 0.6 is 0 Å². The molecule has 0 aliphatic carbocycles. The molecule has 1 atom stereocenters. The predicted octanol–water partition coefficient (Wildman–Crippen LogP) is 3.05. The lowest BCUT2D eigenvalue weighted by atomic mass is 10.2. The van der Waals surface area contributed by atoms with Gasteiger partial charge in [0.25, 0.3) is 10.0 Å². The monoisotopic (exact) mass is 501 g/mol. The first-order valence-electron chi connectivity index (χ1n) is 11.4. The number of nitrogens with zero attached hydrogens (tertiary/aromatic N) is 5. The van der Waals surface area contributed by atoms with Gasteiger partial charge in [-0.05, 0) is 45.9 Å². The summed E-state index contributed by atoms with van der Waals surface area (Å²) in [6.07, 6.45) is 2.44. The van der Waals surface area contributed by atoms with Gasteiger partial charge in [-0.25, -0.2) is 27.2 Å². The summed E-state index contributed by atoms with van der Waals surface area (Å²) in [5, 5.41) is 0.582. The first-order chi connectivity index (χ1) is 16.5. The second kappa shape index (κ2) is 9.46. The van der Waals surface area contributed by atoms with Gasteiger partial charge in [0.15, 0.2) is 5.65 Å². The Kier molecular flexibility index (Phi) is 6.74. The maximum absolute atomic E-state index is 13.3. The SMILES string of the molecule is Cc1ccc(S(=O)(=O)n2ccc3c(N(C)[C@H]4COCCN(C(=O)OC(C)(C)C)C4)ncnc32)cc1. The molecule has 0 saturated carbocycles. The van der Waals surface area contributed by atoms with Gasteiger partial charge in [-0.2, -0.15) is 0 Å². The summed E-state index contributed by atoms with van der Waals surface area (Å²) in [5.74, 6) is 0.549. The van der Waals surface area contributed by atoms with Crippen molar-refractivity contribution in [2.24, 2.45) is 0 Å². The minimum Gasteiger partial charge on any atom is -0.444 e. The van der Waals surface area contributed by atoms with Crippen LogP contribution in [0.4, 0.5) is 10.6 Å². The first-order valence-corrected chi connectivity index (χ1v) is 12.8. The zero-order chi connectivity index (χ0) is 25.4. The van der Waals surface area contributed by atoms with E-state index in [1.165, 1.54) is 16.5 Å². The fourth-order valence-corrected chi connectivity index (χ4v) is 5.21. The van der Waals surface area contributed by atoms with E-state index >= 15 is 0 Å². The number of likely N-dealkylation sites (N-methyl/N-ethyl adjacent to an activating group) is 1. The Morgan fingerprint density at radius 3 is 2.57 bits per heavy atom. The lowest BCUT2D eigenvalue weighted by molar-refractivity contribution is 0.0240. The third-order valence-corrected chi connectivity index (χ3v) is 7.47. The minimum atomic E-state index is -3.84. The van der Waals surface area contributed by atoms with Crippen molar-refractivity contribution in [1.29, 1.82) is 0 Å². The van der Waals surface area contributed by atoms with Crippen LogP contribution in [0.25, 0.3) is 11.0 Å². The molecule has 3 aromatic rings. The molecule has 10 nitrogen and oxygen atoms in total. The molecule has 1 amide bonds. The van der Waals surface area contributed by atoms with Crippen molar-refractivity contribution in [1.82, 2.24) is 18.8 Å². The van der Waals surface area contributed by atoms with Crippen LogP contribution in [0, 0.1) is 6.92 Å². The van der Waals surface area contributed by atoms with Crippen LogP contribution in [0.3, 0.4) is 0 Å². The second-order valence-corrected chi connectivity index (χ2v) is 11.4. The summed E-state index contributed by atoms with van der Waals surface area (Å²) in [4.78, 5) is 25.1. The molecule has 1 saturated heterocycles. The second-order valence-electron chi connectivity index (χ2n) is 9.63. The molecule has 0 spiro atoms. The normalized spacial score (nSPS) is 17.3. The van der Waals surface area contributed by atoms with Crippen LogP contribution < -0.4 is 4.90 Å². The number of hydrogen-bond donors (Lipinski definition) is 0. The van der Waals surface area contributed by atoms with Crippen molar-refractivity contribution in [2.75, 3.05) is 38.3 Å². The topological polar surface area (TPSA) is 107 Å². The minimum absolute atomic E-state index is 0.180. The van der Waals surface area contributed by atoms with Crippen LogP contribution in [0.15, 0.2) is 47.8 Å². The Labute approximate surface area is 205 Å². The average Bonchev–Trinajstić information content (AvgIpc) is 3.08. The molecular weight excluding hydrogens is 470 g/mol. The molecule has 11 heteroatoms. The number of aromatic nitrogens is 3. The Hall–Kier alpha value is -3.18. The number of carbonyl (C=O) groups excluding carboxylic acids is 1. The molecule has 0 unspecified atom stereocenters. The van der Waals surface area contributed by atoms with Crippen molar-refractivity contribution in [2.45, 2.75) is 44.2 Å². The van der Waals surface area contributed by atoms with Crippen molar-refractivity contribution in [3.63, 3.8) is 0 Å². The molecule has 1 aromatic carbocycles. The van der Waals surface area contributed by atoms with Gasteiger partial charge in [0.2, 0.25) is 0 Å². The molecule has 35 heavy (non-hydrogen) atoms. The van der Waals surface area contributed by atoms with Gasteiger partial charge >= 0.3 is 6.09 Å². The molecule has 1 fully saturated rings. The number of carbonyl (C=O) groups is 1. The van der Waals surface area contributed by atoms with Gasteiger partial charge in [0.05, 0.1) is 29.5 Å². The highest BCUT2D eigenvalue weighted by Gasteiger charge is 2.30. The fourth-order valence-electron chi connectivity index (χ4n) is 3.91. The molecule has 1 aliphatic rings. The molecule has 0 bridgehead atoms. The molecule has 3 heterocycles. The van der Waals surface area contributed by atoms with Gasteiger partial charge < -0.3 is 19.3 Å². The van der Waals surface area contributed by atoms with Crippen LogP contribution in [0.1, 0.15) is 26.3 Å². The van der Waals surface area contributed by atoms with Crippen molar-refractivity contribution >= 4 is 33.0 Å². The first kappa shape index (κ1) is 24.9. The number of hydrogen-bond acceptors (Lipinski definition) is 8. The summed E-state index contributed by atoms with van der Waals surface area (Å²) >= 11 is 0.